The minimum Gasteiger partial charge on any atom is -0.496 e. The van der Waals surface area contributed by atoms with Gasteiger partial charge in [0.2, 0.25) is 0 Å². The first-order valence-corrected chi connectivity index (χ1v) is 7.04. The number of thiophene rings is 1. The van der Waals surface area contributed by atoms with Crippen LogP contribution in [0.2, 0.25) is 0 Å². The lowest BCUT2D eigenvalue weighted by molar-refractivity contribution is 0.416. The Kier molecular flexibility index (Phi) is 4.38. The highest BCUT2D eigenvalue weighted by Crippen LogP contribution is 2.30. The largest absolute Gasteiger partial charge is 0.496 e. The van der Waals surface area contributed by atoms with Gasteiger partial charge in [0.25, 0.3) is 0 Å². The highest BCUT2D eigenvalue weighted by Gasteiger charge is 2.19. The molecule has 0 aromatic carbocycles. The number of rotatable bonds is 6. The average Bonchev–Trinajstić information content (AvgIpc) is 3.04. The van der Waals surface area contributed by atoms with Gasteiger partial charge in [0.05, 0.1) is 7.11 Å². The molecule has 0 aliphatic carbocycles. The van der Waals surface area contributed by atoms with E-state index < -0.39 is 0 Å². The molecule has 0 aliphatic rings. The van der Waals surface area contributed by atoms with Crippen molar-refractivity contribution in [1.82, 2.24) is 14.9 Å². The fourth-order valence-electron chi connectivity index (χ4n) is 1.96. The second-order valence-electron chi connectivity index (χ2n) is 3.95. The molecule has 0 bridgehead atoms. The normalized spacial score (nSPS) is 12.6. The molecule has 0 saturated carbocycles. The lowest BCUT2D eigenvalue weighted by Crippen LogP contribution is -2.24. The second kappa shape index (κ2) is 6.02. The minimum atomic E-state index is 0.138. The van der Waals surface area contributed by atoms with E-state index in [0.717, 1.165) is 24.7 Å². The van der Waals surface area contributed by atoms with E-state index in [9.17, 15) is 0 Å². The molecule has 2 aromatic heterocycles. The summed E-state index contributed by atoms with van der Waals surface area (Å²) < 4.78 is 7.42. The van der Waals surface area contributed by atoms with Crippen LogP contribution in [0.3, 0.4) is 0 Å². The van der Waals surface area contributed by atoms with Crippen LogP contribution in [0.25, 0.3) is 0 Å². The predicted molar refractivity (Wildman–Crippen MR) is 74.3 cm³/mol. The van der Waals surface area contributed by atoms with Crippen LogP contribution < -0.4 is 10.1 Å². The second-order valence-corrected chi connectivity index (χ2v) is 4.89. The van der Waals surface area contributed by atoms with Gasteiger partial charge in [0.15, 0.2) is 0 Å². The molecule has 0 fully saturated rings. The molecule has 2 aromatic rings. The molecule has 0 radical (unpaired) electrons. The van der Waals surface area contributed by atoms with Crippen molar-refractivity contribution in [1.29, 1.82) is 0 Å². The SMILES string of the molecule is CCNC(c1cc(OC)cs1)c1nccn1CC. The quantitative estimate of drug-likeness (QED) is 0.873. The van der Waals surface area contributed by atoms with Crippen molar-refractivity contribution in [2.24, 2.45) is 0 Å². The summed E-state index contributed by atoms with van der Waals surface area (Å²) in [4.78, 5) is 5.71. The average molecular weight is 265 g/mol. The summed E-state index contributed by atoms with van der Waals surface area (Å²) in [5, 5.41) is 5.51. The molecule has 4 nitrogen and oxygen atoms in total. The Labute approximate surface area is 112 Å². The monoisotopic (exact) mass is 265 g/mol. The number of nitrogens with one attached hydrogen (secondary N) is 1. The van der Waals surface area contributed by atoms with Gasteiger partial charge >= 0.3 is 0 Å². The maximum Gasteiger partial charge on any atom is 0.131 e. The van der Waals surface area contributed by atoms with Gasteiger partial charge in [-0.05, 0) is 19.5 Å². The molecule has 0 spiro atoms. The van der Waals surface area contributed by atoms with E-state index in [2.05, 4.69) is 34.8 Å². The van der Waals surface area contributed by atoms with Gasteiger partial charge in [-0.15, -0.1) is 11.3 Å². The summed E-state index contributed by atoms with van der Waals surface area (Å²) >= 11 is 1.70. The maximum atomic E-state index is 5.25. The lowest BCUT2D eigenvalue weighted by atomic mass is 10.2. The van der Waals surface area contributed by atoms with E-state index in [0.29, 0.717) is 0 Å². The van der Waals surface area contributed by atoms with Gasteiger partial charge in [0.1, 0.15) is 17.6 Å². The summed E-state index contributed by atoms with van der Waals surface area (Å²) in [5.74, 6) is 1.97. The zero-order valence-electron chi connectivity index (χ0n) is 11.0. The summed E-state index contributed by atoms with van der Waals surface area (Å²) in [6.45, 7) is 6.07. The maximum absolute atomic E-state index is 5.25. The highest BCUT2D eigenvalue weighted by molar-refractivity contribution is 7.10. The molecular weight excluding hydrogens is 246 g/mol. The topological polar surface area (TPSA) is 39.1 Å². The van der Waals surface area contributed by atoms with Crippen LogP contribution in [0.5, 0.6) is 5.75 Å². The predicted octanol–water partition coefficient (Wildman–Crippen LogP) is 2.67. The number of ether oxygens (including phenoxy) is 1. The molecule has 1 unspecified atom stereocenters. The van der Waals surface area contributed by atoms with Gasteiger partial charge < -0.3 is 14.6 Å². The van der Waals surface area contributed by atoms with Crippen molar-refractivity contribution < 1.29 is 4.74 Å². The van der Waals surface area contributed by atoms with Crippen molar-refractivity contribution >= 4 is 11.3 Å². The van der Waals surface area contributed by atoms with E-state index >= 15 is 0 Å². The summed E-state index contributed by atoms with van der Waals surface area (Å²) in [6.07, 6.45) is 3.87. The minimum absolute atomic E-state index is 0.138. The first kappa shape index (κ1) is 13.1. The molecule has 1 N–H and O–H groups in total. The Balaban J connectivity index is 2.33. The molecular formula is C13H19N3OS. The van der Waals surface area contributed by atoms with E-state index in [1.807, 2.05) is 17.8 Å². The van der Waals surface area contributed by atoms with Crippen molar-refractivity contribution in [3.8, 4) is 5.75 Å². The van der Waals surface area contributed by atoms with Crippen LogP contribution in [-0.2, 0) is 6.54 Å². The lowest BCUT2D eigenvalue weighted by Gasteiger charge is -2.17. The third kappa shape index (κ3) is 2.57. The van der Waals surface area contributed by atoms with Crippen LogP contribution in [0.4, 0.5) is 0 Å². The van der Waals surface area contributed by atoms with E-state index in [4.69, 9.17) is 4.74 Å². The van der Waals surface area contributed by atoms with Gasteiger partial charge in [0, 0.05) is 29.2 Å². The Morgan fingerprint density at radius 2 is 2.33 bits per heavy atom. The van der Waals surface area contributed by atoms with Gasteiger partial charge in [-0.1, -0.05) is 6.92 Å². The Morgan fingerprint density at radius 1 is 1.50 bits per heavy atom. The number of nitrogens with zero attached hydrogens (tertiary/aromatic N) is 2. The van der Waals surface area contributed by atoms with E-state index in [1.165, 1.54) is 4.88 Å². The summed E-state index contributed by atoms with van der Waals surface area (Å²) in [5.41, 5.74) is 0. The fraction of sp³-hybridized carbons (Fsp3) is 0.462. The Bertz CT molecular complexity index is 492. The van der Waals surface area contributed by atoms with Gasteiger partial charge in [-0.3, -0.25) is 0 Å². The number of aromatic nitrogens is 2. The Hall–Kier alpha value is -1.33. The number of aryl methyl sites for hydroxylation is 1. The van der Waals surface area contributed by atoms with Crippen molar-refractivity contribution in [2.75, 3.05) is 13.7 Å². The van der Waals surface area contributed by atoms with Crippen LogP contribution in [-0.4, -0.2) is 23.2 Å². The molecule has 5 heteroatoms. The molecule has 98 valence electrons. The van der Waals surface area contributed by atoms with Crippen molar-refractivity contribution in [3.63, 3.8) is 0 Å². The number of hydrogen-bond acceptors (Lipinski definition) is 4. The van der Waals surface area contributed by atoms with Gasteiger partial charge in [-0.25, -0.2) is 4.98 Å². The standard InChI is InChI=1S/C13H19N3OS/c1-4-14-12(11-8-10(17-3)9-18-11)13-15-6-7-16(13)5-2/h6-9,12,14H,4-5H2,1-3H3. The third-order valence-corrected chi connectivity index (χ3v) is 3.85. The van der Waals surface area contributed by atoms with Gasteiger partial charge in [-0.2, -0.15) is 0 Å². The first-order valence-electron chi connectivity index (χ1n) is 6.17. The highest BCUT2D eigenvalue weighted by atomic mass is 32.1. The number of imidazole rings is 1. The molecule has 0 amide bonds. The summed E-state index contributed by atoms with van der Waals surface area (Å²) in [7, 11) is 1.70. The third-order valence-electron chi connectivity index (χ3n) is 2.87. The zero-order valence-corrected chi connectivity index (χ0v) is 11.8. The van der Waals surface area contributed by atoms with Crippen LogP contribution in [0.1, 0.15) is 30.6 Å². The Morgan fingerprint density at radius 3 is 2.94 bits per heavy atom. The fourth-order valence-corrected chi connectivity index (χ4v) is 2.89. The summed E-state index contributed by atoms with van der Waals surface area (Å²) in [6, 6.07) is 2.21. The molecule has 2 heterocycles. The first-order chi connectivity index (χ1) is 8.80. The van der Waals surface area contributed by atoms with Crippen LogP contribution >= 0.6 is 11.3 Å². The van der Waals surface area contributed by atoms with Crippen molar-refractivity contribution in [2.45, 2.75) is 26.4 Å². The number of hydrogen-bond donors (Lipinski definition) is 1. The van der Waals surface area contributed by atoms with E-state index in [-0.39, 0.29) is 6.04 Å². The molecule has 2 rings (SSSR count). The molecule has 0 aliphatic heterocycles. The van der Waals surface area contributed by atoms with E-state index in [1.54, 1.807) is 18.4 Å². The molecule has 1 atom stereocenters. The van der Waals surface area contributed by atoms with Crippen LogP contribution in [0.15, 0.2) is 23.8 Å². The molecule has 18 heavy (non-hydrogen) atoms. The van der Waals surface area contributed by atoms with Crippen LogP contribution in [0, 0.1) is 0 Å². The van der Waals surface area contributed by atoms with Crippen molar-refractivity contribution in [3.05, 3.63) is 34.5 Å². The smallest absolute Gasteiger partial charge is 0.131 e. The zero-order chi connectivity index (χ0) is 13.0. The molecule has 0 saturated heterocycles. The number of methoxy groups -OCH3 is 1.